The van der Waals surface area contributed by atoms with Crippen molar-refractivity contribution in [2.75, 3.05) is 18.0 Å². The number of likely N-dealkylation sites (tertiary alicyclic amines) is 1. The normalized spacial score (nSPS) is 17.9. The molecule has 2 aliphatic heterocycles. The Morgan fingerprint density at radius 2 is 1.85 bits per heavy atom. The van der Waals surface area contributed by atoms with Crippen molar-refractivity contribution in [2.45, 2.75) is 38.6 Å². The van der Waals surface area contributed by atoms with E-state index >= 15 is 0 Å². The summed E-state index contributed by atoms with van der Waals surface area (Å²) in [6.07, 6.45) is 2.04. The van der Waals surface area contributed by atoms with E-state index in [0.717, 1.165) is 29.7 Å². The van der Waals surface area contributed by atoms with Crippen molar-refractivity contribution in [3.8, 4) is 0 Å². The van der Waals surface area contributed by atoms with Crippen LogP contribution in [0.25, 0.3) is 0 Å². The van der Waals surface area contributed by atoms with Crippen LogP contribution in [0.1, 0.15) is 51.8 Å². The van der Waals surface area contributed by atoms with Gasteiger partial charge < -0.3 is 4.90 Å². The second-order valence-electron chi connectivity index (χ2n) is 8.71. The average Bonchev–Trinajstić information content (AvgIpc) is 3.16. The Hall–Kier alpha value is -3.61. The number of benzene rings is 2. The van der Waals surface area contributed by atoms with Crippen molar-refractivity contribution in [1.82, 2.24) is 14.9 Å². The summed E-state index contributed by atoms with van der Waals surface area (Å²) in [7, 11) is 0. The third kappa shape index (κ3) is 4.23. The van der Waals surface area contributed by atoms with E-state index in [-0.39, 0.29) is 30.0 Å². The lowest BCUT2D eigenvalue weighted by atomic mass is 9.96. The van der Waals surface area contributed by atoms with Gasteiger partial charge in [-0.3, -0.25) is 14.5 Å². The van der Waals surface area contributed by atoms with Crippen LogP contribution in [0.4, 0.5) is 10.2 Å². The van der Waals surface area contributed by atoms with Crippen LogP contribution in [-0.4, -0.2) is 39.8 Å². The minimum absolute atomic E-state index is 0.0128. The topological polar surface area (TPSA) is 66.4 Å². The first kappa shape index (κ1) is 21.2. The third-order valence-corrected chi connectivity index (χ3v) is 6.44. The van der Waals surface area contributed by atoms with Gasteiger partial charge in [0.15, 0.2) is 0 Å². The molecule has 3 aromatic rings. The van der Waals surface area contributed by atoms with Crippen LogP contribution in [0.15, 0.2) is 54.6 Å². The van der Waals surface area contributed by atoms with Gasteiger partial charge in [0, 0.05) is 35.8 Å². The smallest absolute Gasteiger partial charge is 0.253 e. The Kier molecular flexibility index (Phi) is 5.62. The highest BCUT2D eigenvalue weighted by Crippen LogP contribution is 2.33. The minimum Gasteiger partial charge on any atom is -0.338 e. The Labute approximate surface area is 192 Å². The number of anilines is 1. The standard InChI is InChI=1S/C26H25FN4O2/c1-17-22-14-23(32)31(15-18-9-11-21(27)12-10-18)25(22)29-24(28-17)20-8-5-13-30(16-20)26(33)19-6-3-2-4-7-19/h2-4,6-7,9-12,20H,5,8,13-16H2,1H3/t20-/m1/s1. The molecule has 2 aromatic carbocycles. The van der Waals surface area contributed by atoms with Gasteiger partial charge in [-0.2, -0.15) is 0 Å². The number of piperidine rings is 1. The molecular weight excluding hydrogens is 419 g/mol. The first-order chi connectivity index (χ1) is 16.0. The largest absolute Gasteiger partial charge is 0.338 e. The zero-order valence-corrected chi connectivity index (χ0v) is 18.5. The maximum Gasteiger partial charge on any atom is 0.253 e. The summed E-state index contributed by atoms with van der Waals surface area (Å²) >= 11 is 0. The van der Waals surface area contributed by atoms with E-state index in [1.165, 1.54) is 12.1 Å². The van der Waals surface area contributed by atoms with E-state index in [9.17, 15) is 14.0 Å². The minimum atomic E-state index is -0.306. The van der Waals surface area contributed by atoms with E-state index in [2.05, 4.69) is 0 Å². The van der Waals surface area contributed by atoms with Crippen molar-refractivity contribution in [1.29, 1.82) is 0 Å². The number of fused-ring (bicyclic) bond motifs is 1. The number of aryl methyl sites for hydroxylation is 1. The monoisotopic (exact) mass is 444 g/mol. The van der Waals surface area contributed by atoms with Crippen molar-refractivity contribution in [2.24, 2.45) is 0 Å². The summed E-state index contributed by atoms with van der Waals surface area (Å²) in [5.74, 6) is 1.01. The fourth-order valence-electron chi connectivity index (χ4n) is 4.65. The van der Waals surface area contributed by atoms with Gasteiger partial charge in [0.25, 0.3) is 5.91 Å². The van der Waals surface area contributed by atoms with Gasteiger partial charge in [0.05, 0.1) is 13.0 Å². The first-order valence-electron chi connectivity index (χ1n) is 11.3. The molecule has 0 radical (unpaired) electrons. The summed E-state index contributed by atoms with van der Waals surface area (Å²) in [5, 5.41) is 0. The molecule has 33 heavy (non-hydrogen) atoms. The third-order valence-electron chi connectivity index (χ3n) is 6.44. The molecule has 1 fully saturated rings. The maximum atomic E-state index is 13.3. The molecule has 0 N–H and O–H groups in total. The second-order valence-corrected chi connectivity index (χ2v) is 8.71. The summed E-state index contributed by atoms with van der Waals surface area (Å²) in [6, 6.07) is 15.5. The van der Waals surface area contributed by atoms with Crippen LogP contribution in [-0.2, 0) is 17.8 Å². The zero-order chi connectivity index (χ0) is 22.9. The summed E-state index contributed by atoms with van der Waals surface area (Å²) in [6.45, 7) is 3.51. The summed E-state index contributed by atoms with van der Waals surface area (Å²) < 4.78 is 13.3. The van der Waals surface area contributed by atoms with Gasteiger partial charge in [-0.25, -0.2) is 14.4 Å². The van der Waals surface area contributed by atoms with Crippen LogP contribution >= 0.6 is 0 Å². The van der Waals surface area contributed by atoms with Crippen molar-refractivity contribution in [3.05, 3.63) is 88.6 Å². The van der Waals surface area contributed by atoms with Crippen molar-refractivity contribution < 1.29 is 14.0 Å². The number of halogens is 1. The van der Waals surface area contributed by atoms with Crippen LogP contribution in [0.5, 0.6) is 0 Å². The molecule has 5 rings (SSSR count). The predicted octanol–water partition coefficient (Wildman–Crippen LogP) is 4.03. The highest BCUT2D eigenvalue weighted by molar-refractivity contribution is 6.00. The van der Waals surface area contributed by atoms with Gasteiger partial charge >= 0.3 is 0 Å². The van der Waals surface area contributed by atoms with E-state index in [1.807, 2.05) is 42.2 Å². The molecule has 6 nitrogen and oxygen atoms in total. The molecule has 7 heteroatoms. The van der Waals surface area contributed by atoms with E-state index in [0.29, 0.717) is 36.8 Å². The molecule has 0 aliphatic carbocycles. The lowest BCUT2D eigenvalue weighted by molar-refractivity contribution is -0.117. The molecule has 0 saturated carbocycles. The highest BCUT2D eigenvalue weighted by atomic mass is 19.1. The molecular formula is C26H25FN4O2. The van der Waals surface area contributed by atoms with Crippen molar-refractivity contribution >= 4 is 17.6 Å². The lowest BCUT2D eigenvalue weighted by Gasteiger charge is -2.32. The van der Waals surface area contributed by atoms with E-state index < -0.39 is 0 Å². The maximum absolute atomic E-state index is 13.3. The molecule has 0 bridgehead atoms. The average molecular weight is 445 g/mol. The number of carbonyl (C=O) groups excluding carboxylic acids is 2. The molecule has 1 atom stereocenters. The fourth-order valence-corrected chi connectivity index (χ4v) is 4.65. The van der Waals surface area contributed by atoms with Gasteiger partial charge in [-0.15, -0.1) is 0 Å². The number of aromatic nitrogens is 2. The highest BCUT2D eigenvalue weighted by Gasteiger charge is 2.34. The van der Waals surface area contributed by atoms with Crippen molar-refractivity contribution in [3.63, 3.8) is 0 Å². The summed E-state index contributed by atoms with van der Waals surface area (Å²) in [5.41, 5.74) is 3.17. The van der Waals surface area contributed by atoms with Crippen LogP contribution in [0.2, 0.25) is 0 Å². The van der Waals surface area contributed by atoms with Crippen LogP contribution in [0.3, 0.4) is 0 Å². The fraction of sp³-hybridized carbons (Fsp3) is 0.308. The Balaban J connectivity index is 1.40. The lowest BCUT2D eigenvalue weighted by Crippen LogP contribution is -2.39. The molecule has 2 aliphatic rings. The summed E-state index contributed by atoms with van der Waals surface area (Å²) in [4.78, 5) is 38.8. The number of rotatable bonds is 4. The second kappa shape index (κ2) is 8.73. The molecule has 0 spiro atoms. The van der Waals surface area contributed by atoms with E-state index in [4.69, 9.17) is 9.97 Å². The number of hydrogen-bond donors (Lipinski definition) is 0. The van der Waals surface area contributed by atoms with Gasteiger partial charge in [0.1, 0.15) is 17.5 Å². The van der Waals surface area contributed by atoms with Gasteiger partial charge in [-0.05, 0) is 49.6 Å². The molecule has 1 saturated heterocycles. The molecule has 168 valence electrons. The Morgan fingerprint density at radius 1 is 1.09 bits per heavy atom. The molecule has 1 aromatic heterocycles. The Bertz CT molecular complexity index is 1200. The predicted molar refractivity (Wildman–Crippen MR) is 122 cm³/mol. The number of amides is 2. The van der Waals surface area contributed by atoms with E-state index in [1.54, 1.807) is 17.0 Å². The molecule has 2 amide bonds. The first-order valence-corrected chi connectivity index (χ1v) is 11.3. The van der Waals surface area contributed by atoms with Gasteiger partial charge in [0.2, 0.25) is 5.91 Å². The van der Waals surface area contributed by atoms with Gasteiger partial charge in [-0.1, -0.05) is 30.3 Å². The molecule has 0 unspecified atom stereocenters. The quantitative estimate of drug-likeness (QED) is 0.609. The van der Waals surface area contributed by atoms with Crippen LogP contribution in [0, 0.1) is 12.7 Å². The number of nitrogens with zero attached hydrogens (tertiary/aromatic N) is 4. The Morgan fingerprint density at radius 3 is 2.61 bits per heavy atom. The molecule has 3 heterocycles. The number of carbonyl (C=O) groups is 2. The van der Waals surface area contributed by atoms with Crippen LogP contribution < -0.4 is 4.90 Å². The number of hydrogen-bond acceptors (Lipinski definition) is 4. The zero-order valence-electron chi connectivity index (χ0n) is 18.5. The SMILES string of the molecule is Cc1nc([C@@H]2CCCN(C(=O)c3ccccc3)C2)nc2c1CC(=O)N2Cc1ccc(F)cc1.